The monoisotopic (exact) mass is 382 g/mol. The van der Waals surface area contributed by atoms with Gasteiger partial charge in [0.05, 0.1) is 18.4 Å². The topological polar surface area (TPSA) is 89.0 Å². The molecule has 0 saturated carbocycles. The lowest BCUT2D eigenvalue weighted by Gasteiger charge is -2.11. The van der Waals surface area contributed by atoms with E-state index in [2.05, 4.69) is 15.5 Å². The molecule has 0 radical (unpaired) electrons. The normalized spacial score (nSPS) is 17.0. The molecular formula is C16H19ClN4O3S. The fraction of sp³-hybridized carbons (Fsp3) is 0.438. The maximum atomic E-state index is 12.2. The molecule has 1 amide bonds. The van der Waals surface area contributed by atoms with Gasteiger partial charge < -0.3 is 10.1 Å². The van der Waals surface area contributed by atoms with E-state index >= 15 is 0 Å². The lowest BCUT2D eigenvalue weighted by Crippen LogP contribution is -2.25. The van der Waals surface area contributed by atoms with Crippen molar-refractivity contribution in [2.24, 2.45) is 0 Å². The van der Waals surface area contributed by atoms with E-state index in [0.29, 0.717) is 22.4 Å². The first-order chi connectivity index (χ1) is 12.0. The molecule has 1 aromatic carbocycles. The van der Waals surface area contributed by atoms with Crippen molar-refractivity contribution < 1.29 is 9.53 Å². The number of aromatic nitrogens is 3. The van der Waals surface area contributed by atoms with Gasteiger partial charge in [-0.25, -0.2) is 9.89 Å². The summed E-state index contributed by atoms with van der Waals surface area (Å²) in [6, 6.07) is 5.33. The minimum Gasteiger partial charge on any atom is -0.376 e. The number of hydrogen-bond donors (Lipinski definition) is 2. The number of amides is 1. The van der Waals surface area contributed by atoms with E-state index in [1.54, 1.807) is 12.1 Å². The van der Waals surface area contributed by atoms with Gasteiger partial charge in [-0.05, 0) is 37.5 Å². The molecule has 0 aliphatic carbocycles. The highest BCUT2D eigenvalue weighted by Gasteiger charge is 2.20. The van der Waals surface area contributed by atoms with Crippen molar-refractivity contribution in [2.45, 2.75) is 37.6 Å². The molecule has 9 heteroatoms. The fourth-order valence-electron chi connectivity index (χ4n) is 2.61. The van der Waals surface area contributed by atoms with E-state index in [1.165, 1.54) is 16.3 Å². The molecule has 2 heterocycles. The Bertz CT molecular complexity index is 814. The molecule has 2 aromatic rings. The Morgan fingerprint density at radius 3 is 3.16 bits per heavy atom. The number of ether oxygens (including phenoxy) is 1. The number of rotatable bonds is 6. The van der Waals surface area contributed by atoms with Crippen molar-refractivity contribution >= 4 is 35.0 Å². The third-order valence-corrected chi connectivity index (χ3v) is 5.15. The standard InChI is InChI=1S/C16H19ClN4O3S/c1-10-4-5-11(17)7-13(10)18-14(22)9-25-16-20-19-15(23)21(16)8-12-3-2-6-24-12/h4-5,7,12H,2-3,6,8-9H2,1H3,(H,18,22)(H,19,23)/t12-/m1/s1. The van der Waals surface area contributed by atoms with Crippen LogP contribution in [0.25, 0.3) is 0 Å². The average molecular weight is 383 g/mol. The van der Waals surface area contributed by atoms with Crippen LogP contribution in [0.15, 0.2) is 28.2 Å². The van der Waals surface area contributed by atoms with Gasteiger partial charge in [-0.3, -0.25) is 9.36 Å². The lowest BCUT2D eigenvalue weighted by molar-refractivity contribution is -0.113. The van der Waals surface area contributed by atoms with Crippen molar-refractivity contribution in [2.75, 3.05) is 17.7 Å². The molecule has 1 fully saturated rings. The number of halogens is 1. The summed E-state index contributed by atoms with van der Waals surface area (Å²) in [5, 5.41) is 10.3. The smallest absolute Gasteiger partial charge is 0.344 e. The van der Waals surface area contributed by atoms with Gasteiger partial charge in [0, 0.05) is 17.3 Å². The van der Waals surface area contributed by atoms with E-state index in [4.69, 9.17) is 16.3 Å². The number of thioether (sulfide) groups is 1. The molecular weight excluding hydrogens is 364 g/mol. The van der Waals surface area contributed by atoms with Crippen molar-refractivity contribution in [1.82, 2.24) is 14.8 Å². The average Bonchev–Trinajstić information content (AvgIpc) is 3.21. The number of aryl methyl sites for hydroxylation is 1. The van der Waals surface area contributed by atoms with Gasteiger partial charge in [0.15, 0.2) is 5.16 Å². The summed E-state index contributed by atoms with van der Waals surface area (Å²) in [7, 11) is 0. The number of nitrogens with zero attached hydrogens (tertiary/aromatic N) is 2. The molecule has 1 saturated heterocycles. The number of anilines is 1. The van der Waals surface area contributed by atoms with Gasteiger partial charge >= 0.3 is 5.69 Å². The van der Waals surface area contributed by atoms with Crippen LogP contribution in [0.3, 0.4) is 0 Å². The predicted octanol–water partition coefficient (Wildman–Crippen LogP) is 2.44. The van der Waals surface area contributed by atoms with Crippen LogP contribution in [0.4, 0.5) is 5.69 Å². The Morgan fingerprint density at radius 2 is 2.40 bits per heavy atom. The second-order valence-corrected chi connectivity index (χ2v) is 7.23. The quantitative estimate of drug-likeness (QED) is 0.749. The summed E-state index contributed by atoms with van der Waals surface area (Å²) in [5.74, 6) is -0.0450. The van der Waals surface area contributed by atoms with Crippen LogP contribution in [0.2, 0.25) is 5.02 Å². The summed E-state index contributed by atoms with van der Waals surface area (Å²) >= 11 is 7.17. The van der Waals surface area contributed by atoms with Gasteiger partial charge in [-0.15, -0.1) is 5.10 Å². The SMILES string of the molecule is Cc1ccc(Cl)cc1NC(=O)CSc1n[nH]c(=O)n1C[C@H]1CCCO1. The molecule has 0 unspecified atom stereocenters. The van der Waals surface area contributed by atoms with Crippen molar-refractivity contribution in [3.05, 3.63) is 39.3 Å². The number of hydrogen-bond acceptors (Lipinski definition) is 5. The van der Waals surface area contributed by atoms with Crippen molar-refractivity contribution in [3.63, 3.8) is 0 Å². The number of carbonyl (C=O) groups is 1. The van der Waals surface area contributed by atoms with Crippen molar-refractivity contribution in [3.8, 4) is 0 Å². The Hall–Kier alpha value is -1.77. The first kappa shape index (κ1) is 18.0. The first-order valence-corrected chi connectivity index (χ1v) is 9.35. The molecule has 0 spiro atoms. The highest BCUT2D eigenvalue weighted by Crippen LogP contribution is 2.22. The highest BCUT2D eigenvalue weighted by atomic mass is 35.5. The molecule has 1 aliphatic rings. The molecule has 7 nitrogen and oxygen atoms in total. The fourth-order valence-corrected chi connectivity index (χ4v) is 3.54. The van der Waals surface area contributed by atoms with Crippen molar-refractivity contribution in [1.29, 1.82) is 0 Å². The van der Waals surface area contributed by atoms with E-state index in [1.807, 2.05) is 13.0 Å². The van der Waals surface area contributed by atoms with E-state index < -0.39 is 0 Å². The molecule has 134 valence electrons. The van der Waals surface area contributed by atoms with E-state index in [9.17, 15) is 9.59 Å². The number of H-pyrrole nitrogens is 1. The van der Waals surface area contributed by atoms with Gasteiger partial charge in [0.2, 0.25) is 5.91 Å². The Labute approximate surface area is 154 Å². The third kappa shape index (κ3) is 4.65. The summed E-state index contributed by atoms with van der Waals surface area (Å²) in [4.78, 5) is 24.1. The number of nitrogens with one attached hydrogen (secondary N) is 2. The third-order valence-electron chi connectivity index (χ3n) is 3.94. The molecule has 2 N–H and O–H groups in total. The Balaban J connectivity index is 1.60. The van der Waals surface area contributed by atoms with Crippen LogP contribution in [0, 0.1) is 6.92 Å². The zero-order chi connectivity index (χ0) is 17.8. The van der Waals surface area contributed by atoms with Gasteiger partial charge in [0.1, 0.15) is 0 Å². The van der Waals surface area contributed by atoms with E-state index in [-0.39, 0.29) is 23.5 Å². The summed E-state index contributed by atoms with van der Waals surface area (Å²) in [6.07, 6.45) is 1.95. The van der Waals surface area contributed by atoms with E-state index in [0.717, 1.165) is 25.0 Å². The Kier molecular flexibility index (Phi) is 5.82. The van der Waals surface area contributed by atoms with Crippen LogP contribution in [-0.4, -0.2) is 39.1 Å². The lowest BCUT2D eigenvalue weighted by atomic mass is 10.2. The molecule has 25 heavy (non-hydrogen) atoms. The number of benzene rings is 1. The molecule has 3 rings (SSSR count). The summed E-state index contributed by atoms with van der Waals surface area (Å²) in [6.45, 7) is 3.07. The van der Waals surface area contributed by atoms with Crippen LogP contribution >= 0.6 is 23.4 Å². The molecule has 1 atom stereocenters. The second kappa shape index (κ2) is 8.07. The van der Waals surface area contributed by atoms with Gasteiger partial charge in [-0.2, -0.15) is 0 Å². The Morgan fingerprint density at radius 1 is 1.56 bits per heavy atom. The number of carbonyl (C=O) groups excluding carboxylic acids is 1. The van der Waals surface area contributed by atoms with Crippen LogP contribution in [-0.2, 0) is 16.1 Å². The zero-order valence-corrected chi connectivity index (χ0v) is 15.3. The molecule has 1 aliphatic heterocycles. The predicted molar refractivity (Wildman–Crippen MR) is 97.4 cm³/mol. The highest BCUT2D eigenvalue weighted by molar-refractivity contribution is 7.99. The molecule has 1 aromatic heterocycles. The van der Waals surface area contributed by atoms with Crippen LogP contribution < -0.4 is 11.0 Å². The zero-order valence-electron chi connectivity index (χ0n) is 13.8. The maximum absolute atomic E-state index is 12.2. The second-order valence-electron chi connectivity index (χ2n) is 5.85. The minimum absolute atomic E-state index is 0.0255. The summed E-state index contributed by atoms with van der Waals surface area (Å²) in [5.41, 5.74) is 1.32. The number of aromatic amines is 1. The maximum Gasteiger partial charge on any atom is 0.344 e. The molecule has 0 bridgehead atoms. The first-order valence-electron chi connectivity index (χ1n) is 7.98. The van der Waals surface area contributed by atoms with Crippen LogP contribution in [0.5, 0.6) is 0 Å². The minimum atomic E-state index is -0.288. The largest absolute Gasteiger partial charge is 0.376 e. The summed E-state index contributed by atoms with van der Waals surface area (Å²) < 4.78 is 7.09. The van der Waals surface area contributed by atoms with Crippen LogP contribution in [0.1, 0.15) is 18.4 Å². The van der Waals surface area contributed by atoms with Gasteiger partial charge in [-0.1, -0.05) is 29.4 Å². The van der Waals surface area contributed by atoms with Gasteiger partial charge in [0.25, 0.3) is 0 Å².